The van der Waals surface area contributed by atoms with Crippen LogP contribution in [0.3, 0.4) is 0 Å². The number of carbonyl (C=O) groups is 3. The van der Waals surface area contributed by atoms with Crippen molar-refractivity contribution in [2.24, 2.45) is 29.6 Å². The summed E-state index contributed by atoms with van der Waals surface area (Å²) < 4.78 is 0. The zero-order chi connectivity index (χ0) is 22.3. The van der Waals surface area contributed by atoms with Gasteiger partial charge in [-0.2, -0.15) is 0 Å². The SMILES string of the molecule is O=C(O)CCN1C(=O)[C@@H]2[C@H]3C[C@@H]([C@@H]2C1=O)[C@@H]1[C@H](c2ccc(O)cc2)c2sc(=O)[nH]c2S[C@@H]31. The largest absolute Gasteiger partial charge is 0.508 e. The number of phenolic OH excluding ortho intramolecular Hbond substituents is 1. The molecule has 8 nitrogen and oxygen atoms in total. The number of hydrogen-bond acceptors (Lipinski definition) is 7. The molecule has 6 rings (SSSR count). The predicted octanol–water partition coefficient (Wildman–Crippen LogP) is 2.09. The van der Waals surface area contributed by atoms with Gasteiger partial charge in [-0.3, -0.25) is 24.1 Å². The second-order valence-electron chi connectivity index (χ2n) is 9.02. The van der Waals surface area contributed by atoms with E-state index in [1.807, 2.05) is 12.1 Å². The number of imide groups is 1. The van der Waals surface area contributed by atoms with Crippen LogP contribution in [0.25, 0.3) is 0 Å². The minimum absolute atomic E-state index is 0.00191. The van der Waals surface area contributed by atoms with Crippen molar-refractivity contribution in [1.82, 2.24) is 9.88 Å². The van der Waals surface area contributed by atoms with E-state index in [-0.39, 0.29) is 64.3 Å². The van der Waals surface area contributed by atoms with Gasteiger partial charge in [0.15, 0.2) is 0 Å². The Hall–Kier alpha value is -2.59. The minimum atomic E-state index is -1.03. The molecule has 2 amide bonds. The lowest BCUT2D eigenvalue weighted by Crippen LogP contribution is -2.42. The Bertz CT molecular complexity index is 1200. The van der Waals surface area contributed by atoms with Gasteiger partial charge in [0.25, 0.3) is 0 Å². The quantitative estimate of drug-likeness (QED) is 0.582. The standard InChI is InChI=1S/C22H20N2O6S2/c25-9-3-1-8(2-4-9)13-14-10-7-11(17(14)31-19-18(13)32-22(30)23-19)16-15(10)20(28)24(21(16)29)6-5-12(26)27/h1-4,10-11,13-17,25H,5-7H2,(H,23,30)(H,26,27)/t10-,11-,13+,14-,15+,16-,17+/m1/s1. The monoisotopic (exact) mass is 472 g/mol. The number of carboxylic acids is 1. The number of benzene rings is 1. The number of thiazole rings is 1. The van der Waals surface area contributed by atoms with E-state index in [2.05, 4.69) is 4.98 Å². The highest BCUT2D eigenvalue weighted by Gasteiger charge is 2.69. The van der Waals surface area contributed by atoms with Gasteiger partial charge in [-0.1, -0.05) is 23.5 Å². The third-order valence-electron chi connectivity index (χ3n) is 7.62. The average molecular weight is 473 g/mol. The third-order valence-corrected chi connectivity index (χ3v) is 10.2. The minimum Gasteiger partial charge on any atom is -0.508 e. The molecule has 10 heteroatoms. The van der Waals surface area contributed by atoms with Gasteiger partial charge in [-0.05, 0) is 41.9 Å². The number of aromatic hydroxyl groups is 1. The number of H-pyrrole nitrogens is 1. The molecule has 3 heterocycles. The normalized spacial score (nSPS) is 34.5. The van der Waals surface area contributed by atoms with Crippen LogP contribution in [0.4, 0.5) is 0 Å². The number of thioether (sulfide) groups is 1. The molecule has 2 aliphatic heterocycles. The predicted molar refractivity (Wildman–Crippen MR) is 116 cm³/mol. The van der Waals surface area contributed by atoms with Crippen LogP contribution in [0.2, 0.25) is 0 Å². The number of rotatable bonds is 4. The number of carbonyl (C=O) groups excluding carboxylic acids is 2. The van der Waals surface area contributed by atoms with Gasteiger partial charge < -0.3 is 15.2 Å². The van der Waals surface area contributed by atoms with Gasteiger partial charge in [-0.25, -0.2) is 0 Å². The first kappa shape index (κ1) is 20.0. The summed E-state index contributed by atoms with van der Waals surface area (Å²) >= 11 is 2.80. The van der Waals surface area contributed by atoms with Crippen molar-refractivity contribution in [3.63, 3.8) is 0 Å². The molecule has 1 saturated heterocycles. The number of aromatic amines is 1. The second-order valence-corrected chi connectivity index (χ2v) is 11.2. The van der Waals surface area contributed by atoms with E-state index < -0.39 is 17.8 Å². The highest BCUT2D eigenvalue weighted by molar-refractivity contribution is 8.00. The van der Waals surface area contributed by atoms with Gasteiger partial charge in [0, 0.05) is 22.6 Å². The molecule has 2 aromatic rings. The lowest BCUT2D eigenvalue weighted by atomic mass is 9.68. The first-order valence-electron chi connectivity index (χ1n) is 10.6. The number of aromatic nitrogens is 1. The first-order valence-corrected chi connectivity index (χ1v) is 12.3. The van der Waals surface area contributed by atoms with E-state index in [1.165, 1.54) is 11.3 Å². The number of amides is 2. The van der Waals surface area contributed by atoms with Gasteiger partial charge in [0.2, 0.25) is 11.8 Å². The number of nitrogens with one attached hydrogen (secondary N) is 1. The van der Waals surface area contributed by atoms with Crippen molar-refractivity contribution in [2.75, 3.05) is 6.54 Å². The van der Waals surface area contributed by atoms with Gasteiger partial charge in [-0.15, -0.1) is 11.8 Å². The van der Waals surface area contributed by atoms with E-state index in [0.717, 1.165) is 26.8 Å². The van der Waals surface area contributed by atoms with Crippen molar-refractivity contribution in [3.05, 3.63) is 44.4 Å². The number of aliphatic carboxylic acids is 1. The molecule has 166 valence electrons. The number of nitrogens with zero attached hydrogens (tertiary/aromatic N) is 1. The van der Waals surface area contributed by atoms with E-state index >= 15 is 0 Å². The summed E-state index contributed by atoms with van der Waals surface area (Å²) in [4.78, 5) is 54.5. The summed E-state index contributed by atoms with van der Waals surface area (Å²) in [5.41, 5.74) is 0.984. The summed E-state index contributed by atoms with van der Waals surface area (Å²) in [7, 11) is 0. The van der Waals surface area contributed by atoms with Crippen LogP contribution in [-0.2, 0) is 14.4 Å². The average Bonchev–Trinajstić information content (AvgIpc) is 3.47. The van der Waals surface area contributed by atoms with Crippen molar-refractivity contribution < 1.29 is 24.6 Å². The lowest BCUT2D eigenvalue weighted by Gasteiger charge is -2.43. The second kappa shape index (κ2) is 6.95. The summed E-state index contributed by atoms with van der Waals surface area (Å²) in [5.74, 6) is -2.15. The number of carboxylic acid groups (broad SMARTS) is 1. The highest BCUT2D eigenvalue weighted by atomic mass is 32.2. The zero-order valence-electron chi connectivity index (χ0n) is 16.8. The molecule has 1 aromatic carbocycles. The van der Waals surface area contributed by atoms with Crippen molar-refractivity contribution in [1.29, 1.82) is 0 Å². The Kier molecular flexibility index (Phi) is 4.36. The van der Waals surface area contributed by atoms with E-state index in [4.69, 9.17) is 5.11 Å². The molecule has 0 radical (unpaired) electrons. The molecule has 3 N–H and O–H groups in total. The Morgan fingerprint density at radius 2 is 1.78 bits per heavy atom. The molecule has 2 saturated carbocycles. The lowest BCUT2D eigenvalue weighted by molar-refractivity contribution is -0.142. The Morgan fingerprint density at radius 3 is 2.47 bits per heavy atom. The molecule has 1 aromatic heterocycles. The van der Waals surface area contributed by atoms with Crippen LogP contribution < -0.4 is 4.87 Å². The maximum atomic E-state index is 13.2. The Morgan fingerprint density at radius 1 is 1.09 bits per heavy atom. The molecule has 4 aliphatic rings. The molecule has 32 heavy (non-hydrogen) atoms. The van der Waals surface area contributed by atoms with Gasteiger partial charge in [0.1, 0.15) is 5.75 Å². The summed E-state index contributed by atoms with van der Waals surface area (Å²) in [5, 5.41) is 19.7. The van der Waals surface area contributed by atoms with Crippen LogP contribution in [-0.4, -0.2) is 49.7 Å². The van der Waals surface area contributed by atoms with Crippen molar-refractivity contribution in [3.8, 4) is 5.75 Å². The molecular formula is C22H20N2O6S2. The first-order chi connectivity index (χ1) is 15.3. The summed E-state index contributed by atoms with van der Waals surface area (Å²) in [6.45, 7) is -0.0794. The summed E-state index contributed by atoms with van der Waals surface area (Å²) in [6.07, 6.45) is 0.540. The van der Waals surface area contributed by atoms with Gasteiger partial charge in [0.05, 0.1) is 23.3 Å². The van der Waals surface area contributed by atoms with Crippen molar-refractivity contribution in [2.45, 2.75) is 29.0 Å². The fourth-order valence-corrected chi connectivity index (χ4v) is 9.45. The van der Waals surface area contributed by atoms with E-state index in [0.29, 0.717) is 0 Å². The fourth-order valence-electron chi connectivity index (χ4n) is 6.56. The highest BCUT2D eigenvalue weighted by Crippen LogP contribution is 2.68. The topological polar surface area (TPSA) is 128 Å². The molecule has 0 unspecified atom stereocenters. The van der Waals surface area contributed by atoms with Crippen LogP contribution in [0.15, 0.2) is 34.1 Å². The molecule has 2 bridgehead atoms. The molecule has 7 atom stereocenters. The van der Waals surface area contributed by atoms with E-state index in [1.54, 1.807) is 23.9 Å². The zero-order valence-corrected chi connectivity index (χ0v) is 18.4. The smallest absolute Gasteiger partial charge is 0.305 e. The Labute approximate surface area is 190 Å². The maximum Gasteiger partial charge on any atom is 0.305 e. The summed E-state index contributed by atoms with van der Waals surface area (Å²) in [6, 6.07) is 7.00. The molecule has 3 fully saturated rings. The van der Waals surface area contributed by atoms with Crippen LogP contribution in [0, 0.1) is 29.6 Å². The number of fused-ring (bicyclic) bond motifs is 9. The third kappa shape index (κ3) is 2.68. The fraction of sp³-hybridized carbons (Fsp3) is 0.455. The van der Waals surface area contributed by atoms with E-state index in [9.17, 15) is 24.3 Å². The van der Waals surface area contributed by atoms with Crippen molar-refractivity contribution >= 4 is 40.9 Å². The molecule has 0 spiro atoms. The Balaban J connectivity index is 1.41. The number of hydrogen-bond donors (Lipinski definition) is 3. The molecular weight excluding hydrogens is 452 g/mol. The number of likely N-dealkylation sites (tertiary alicyclic amines) is 1. The maximum absolute atomic E-state index is 13.2. The van der Waals surface area contributed by atoms with Crippen LogP contribution in [0.5, 0.6) is 5.75 Å². The van der Waals surface area contributed by atoms with Gasteiger partial charge >= 0.3 is 10.8 Å². The number of phenols is 1. The van der Waals surface area contributed by atoms with Crippen LogP contribution in [0.1, 0.15) is 29.2 Å². The van der Waals surface area contributed by atoms with Crippen LogP contribution >= 0.6 is 23.1 Å². The molecule has 2 aliphatic carbocycles.